The number of allylic oxidation sites excluding steroid dienone is 1. The van der Waals surface area contributed by atoms with Gasteiger partial charge in [0.25, 0.3) is 0 Å². The molecule has 0 unspecified atom stereocenters. The van der Waals surface area contributed by atoms with Gasteiger partial charge in [-0.2, -0.15) is 5.10 Å². The summed E-state index contributed by atoms with van der Waals surface area (Å²) in [6.07, 6.45) is 8.03. The van der Waals surface area contributed by atoms with Crippen LogP contribution in [0.25, 0.3) is 0 Å². The van der Waals surface area contributed by atoms with Crippen LogP contribution in [0.1, 0.15) is 30.9 Å². The zero-order chi connectivity index (χ0) is 17.9. The van der Waals surface area contributed by atoms with Gasteiger partial charge in [-0.15, -0.1) is 30.6 Å². The molecule has 0 saturated carbocycles. The molecule has 0 bridgehead atoms. The summed E-state index contributed by atoms with van der Waals surface area (Å²) in [5.74, 6) is 0.933. The summed E-state index contributed by atoms with van der Waals surface area (Å²) >= 11 is 0. The largest absolute Gasteiger partial charge is 0.357 e. The number of aliphatic imine (C=N–C) groups is 1. The standard InChI is InChI=1S/C20H29N5.HI/c1-4-6-10-13-24(3)20(21-5-2)22-14-19-15-23-25(17-19)16-18-11-8-7-9-12-18;/h4,7-9,11-12,15,17H,1,5-6,10,13-14,16H2,2-3H3,(H,21,22);1H. The molecule has 0 aliphatic heterocycles. The van der Waals surface area contributed by atoms with E-state index < -0.39 is 0 Å². The van der Waals surface area contributed by atoms with Crippen molar-refractivity contribution >= 4 is 29.9 Å². The molecule has 0 atom stereocenters. The van der Waals surface area contributed by atoms with Gasteiger partial charge in [-0.3, -0.25) is 4.68 Å². The first-order valence-electron chi connectivity index (χ1n) is 8.88. The van der Waals surface area contributed by atoms with Crippen LogP contribution in [0.4, 0.5) is 0 Å². The van der Waals surface area contributed by atoms with Gasteiger partial charge in [0.2, 0.25) is 0 Å². The first-order valence-corrected chi connectivity index (χ1v) is 8.88. The van der Waals surface area contributed by atoms with Crippen molar-refractivity contribution in [3.05, 3.63) is 66.5 Å². The number of hydrogen-bond donors (Lipinski definition) is 1. The molecule has 1 N–H and O–H groups in total. The molecule has 0 radical (unpaired) electrons. The van der Waals surface area contributed by atoms with Crippen molar-refractivity contribution in [3.8, 4) is 0 Å². The summed E-state index contributed by atoms with van der Waals surface area (Å²) in [5.41, 5.74) is 2.36. The molecule has 1 aromatic heterocycles. The maximum Gasteiger partial charge on any atom is 0.193 e. The van der Waals surface area contributed by atoms with Crippen LogP contribution in [-0.4, -0.2) is 40.8 Å². The van der Waals surface area contributed by atoms with E-state index in [0.29, 0.717) is 6.54 Å². The second kappa shape index (κ2) is 12.5. The Hall–Kier alpha value is -1.83. The molecule has 0 fully saturated rings. The number of halogens is 1. The molecule has 0 aliphatic carbocycles. The quantitative estimate of drug-likeness (QED) is 0.200. The molecular weight excluding hydrogens is 437 g/mol. The smallest absolute Gasteiger partial charge is 0.193 e. The summed E-state index contributed by atoms with van der Waals surface area (Å²) in [5, 5.41) is 7.79. The Morgan fingerprint density at radius 3 is 2.77 bits per heavy atom. The molecule has 2 rings (SSSR count). The van der Waals surface area contributed by atoms with E-state index in [2.05, 4.69) is 66.3 Å². The number of aromatic nitrogens is 2. The van der Waals surface area contributed by atoms with Crippen LogP contribution in [0.3, 0.4) is 0 Å². The fourth-order valence-electron chi connectivity index (χ4n) is 2.56. The van der Waals surface area contributed by atoms with Crippen molar-refractivity contribution in [3.63, 3.8) is 0 Å². The van der Waals surface area contributed by atoms with E-state index in [0.717, 1.165) is 44.0 Å². The fourth-order valence-corrected chi connectivity index (χ4v) is 2.56. The molecule has 1 heterocycles. The Bertz CT molecular complexity index is 666. The lowest BCUT2D eigenvalue weighted by Crippen LogP contribution is -2.39. The summed E-state index contributed by atoms with van der Waals surface area (Å²) in [6, 6.07) is 10.4. The van der Waals surface area contributed by atoms with E-state index in [-0.39, 0.29) is 24.0 Å². The monoisotopic (exact) mass is 467 g/mol. The molecule has 142 valence electrons. The van der Waals surface area contributed by atoms with Crippen LogP contribution in [0.15, 0.2) is 60.4 Å². The second-order valence-electron chi connectivity index (χ2n) is 6.05. The van der Waals surface area contributed by atoms with E-state index in [1.165, 1.54) is 5.56 Å². The Balaban J connectivity index is 0.00000338. The lowest BCUT2D eigenvalue weighted by atomic mass is 10.2. The average Bonchev–Trinajstić information content (AvgIpc) is 3.07. The number of benzene rings is 1. The third-order valence-electron chi connectivity index (χ3n) is 3.88. The van der Waals surface area contributed by atoms with Crippen LogP contribution in [-0.2, 0) is 13.1 Å². The Morgan fingerprint density at radius 2 is 2.08 bits per heavy atom. The van der Waals surface area contributed by atoms with Crippen LogP contribution in [0.5, 0.6) is 0 Å². The molecule has 5 nitrogen and oxygen atoms in total. The minimum atomic E-state index is 0. The lowest BCUT2D eigenvalue weighted by molar-refractivity contribution is 0.470. The van der Waals surface area contributed by atoms with Crippen molar-refractivity contribution in [1.29, 1.82) is 0 Å². The van der Waals surface area contributed by atoms with Crippen LogP contribution >= 0.6 is 24.0 Å². The minimum Gasteiger partial charge on any atom is -0.357 e. The van der Waals surface area contributed by atoms with Gasteiger partial charge in [-0.05, 0) is 25.3 Å². The molecule has 2 aromatic rings. The normalized spacial score (nSPS) is 10.9. The summed E-state index contributed by atoms with van der Waals surface area (Å²) in [4.78, 5) is 6.90. The predicted molar refractivity (Wildman–Crippen MR) is 120 cm³/mol. The van der Waals surface area contributed by atoms with Gasteiger partial charge in [0.05, 0.1) is 19.3 Å². The van der Waals surface area contributed by atoms with Crippen molar-refractivity contribution in [2.24, 2.45) is 4.99 Å². The summed E-state index contributed by atoms with van der Waals surface area (Å²) < 4.78 is 1.96. The van der Waals surface area contributed by atoms with Gasteiger partial charge in [0, 0.05) is 31.9 Å². The average molecular weight is 467 g/mol. The highest BCUT2D eigenvalue weighted by atomic mass is 127. The maximum absolute atomic E-state index is 4.74. The maximum atomic E-state index is 4.74. The molecular formula is C20H30IN5. The molecule has 1 aromatic carbocycles. The number of nitrogens with zero attached hydrogens (tertiary/aromatic N) is 4. The molecule has 0 amide bonds. The van der Waals surface area contributed by atoms with Gasteiger partial charge in [-0.25, -0.2) is 4.99 Å². The predicted octanol–water partition coefficient (Wildman–Crippen LogP) is 3.91. The van der Waals surface area contributed by atoms with E-state index >= 15 is 0 Å². The zero-order valence-electron chi connectivity index (χ0n) is 15.8. The van der Waals surface area contributed by atoms with Gasteiger partial charge < -0.3 is 10.2 Å². The van der Waals surface area contributed by atoms with Crippen LogP contribution in [0.2, 0.25) is 0 Å². The number of nitrogens with one attached hydrogen (secondary N) is 1. The molecule has 6 heteroatoms. The topological polar surface area (TPSA) is 45.5 Å². The van der Waals surface area contributed by atoms with Gasteiger partial charge in [0.15, 0.2) is 5.96 Å². The van der Waals surface area contributed by atoms with E-state index in [1.807, 2.05) is 23.0 Å². The van der Waals surface area contributed by atoms with Gasteiger partial charge >= 0.3 is 0 Å². The third kappa shape index (κ3) is 7.59. The van der Waals surface area contributed by atoms with Crippen molar-refractivity contribution in [1.82, 2.24) is 20.0 Å². The Morgan fingerprint density at radius 1 is 1.31 bits per heavy atom. The summed E-state index contributed by atoms with van der Waals surface area (Å²) in [7, 11) is 2.07. The first kappa shape index (κ1) is 22.2. The van der Waals surface area contributed by atoms with Gasteiger partial charge in [0.1, 0.15) is 0 Å². The Kier molecular flexibility index (Phi) is 10.7. The molecule has 0 aliphatic rings. The van der Waals surface area contributed by atoms with Crippen LogP contribution < -0.4 is 5.32 Å². The van der Waals surface area contributed by atoms with E-state index in [9.17, 15) is 0 Å². The number of rotatable bonds is 9. The summed E-state index contributed by atoms with van der Waals surface area (Å²) in [6.45, 7) is 9.10. The van der Waals surface area contributed by atoms with Crippen molar-refractivity contribution in [2.45, 2.75) is 32.9 Å². The second-order valence-corrected chi connectivity index (χ2v) is 6.05. The SMILES string of the molecule is C=CCCCN(C)C(=NCc1cnn(Cc2ccccc2)c1)NCC.I. The van der Waals surface area contributed by atoms with E-state index in [4.69, 9.17) is 4.99 Å². The van der Waals surface area contributed by atoms with Crippen molar-refractivity contribution < 1.29 is 0 Å². The highest BCUT2D eigenvalue weighted by molar-refractivity contribution is 14.0. The fraction of sp³-hybridized carbons (Fsp3) is 0.400. The highest BCUT2D eigenvalue weighted by Gasteiger charge is 2.05. The number of guanidine groups is 1. The van der Waals surface area contributed by atoms with Gasteiger partial charge in [-0.1, -0.05) is 36.4 Å². The van der Waals surface area contributed by atoms with E-state index in [1.54, 1.807) is 0 Å². The molecule has 0 spiro atoms. The number of unbranched alkanes of at least 4 members (excludes halogenated alkanes) is 1. The minimum absolute atomic E-state index is 0. The zero-order valence-corrected chi connectivity index (χ0v) is 18.1. The molecule has 26 heavy (non-hydrogen) atoms. The first-order chi connectivity index (χ1) is 12.2. The molecule has 0 saturated heterocycles. The Labute approximate surface area is 174 Å². The highest BCUT2D eigenvalue weighted by Crippen LogP contribution is 2.05. The van der Waals surface area contributed by atoms with Crippen molar-refractivity contribution in [2.75, 3.05) is 20.1 Å². The number of hydrogen-bond acceptors (Lipinski definition) is 2. The third-order valence-corrected chi connectivity index (χ3v) is 3.88. The van der Waals surface area contributed by atoms with Crippen LogP contribution in [0, 0.1) is 0 Å². The lowest BCUT2D eigenvalue weighted by Gasteiger charge is -2.21.